The van der Waals surface area contributed by atoms with Gasteiger partial charge >= 0.3 is 12.3 Å². The van der Waals surface area contributed by atoms with Crippen molar-refractivity contribution in [2.24, 2.45) is 5.41 Å². The molecule has 6 nitrogen and oxygen atoms in total. The average Bonchev–Trinajstić information content (AvgIpc) is 2.77. The van der Waals surface area contributed by atoms with Crippen LogP contribution in [0.15, 0.2) is 36.9 Å². The highest BCUT2D eigenvalue weighted by Gasteiger charge is 2.44. The molecule has 1 aromatic rings. The predicted octanol–water partition coefficient (Wildman–Crippen LogP) is 4.51. The van der Waals surface area contributed by atoms with Crippen molar-refractivity contribution in [1.29, 1.82) is 0 Å². The first-order valence-electron chi connectivity index (χ1n) is 9.80. The number of alkyl halides is 3. The Kier molecular flexibility index (Phi) is 6.87. The number of halogens is 3. The maximum absolute atomic E-state index is 13.3. The standard InChI is InChI=1S/C22H27F3N2O4/c1-6-11-21(5)14-26(19(30)31-20(2,3)4)12-13-27(18(21)29)17(28)15-7-9-16(10-8-15)22(23,24)25/h6-10H,1,11-14H2,2-5H3/t21-/m1/s1. The normalized spacial score (nSPS) is 20.3. The van der Waals surface area contributed by atoms with E-state index in [2.05, 4.69) is 6.58 Å². The first-order chi connectivity index (χ1) is 14.2. The molecule has 31 heavy (non-hydrogen) atoms. The topological polar surface area (TPSA) is 66.9 Å². The molecule has 0 N–H and O–H groups in total. The molecule has 1 aromatic carbocycles. The number of hydrogen-bond acceptors (Lipinski definition) is 4. The monoisotopic (exact) mass is 440 g/mol. The highest BCUT2D eigenvalue weighted by molar-refractivity contribution is 6.06. The minimum atomic E-state index is -4.53. The van der Waals surface area contributed by atoms with Crippen molar-refractivity contribution in [1.82, 2.24) is 9.80 Å². The van der Waals surface area contributed by atoms with Crippen LogP contribution in [0.2, 0.25) is 0 Å². The van der Waals surface area contributed by atoms with E-state index in [4.69, 9.17) is 4.74 Å². The summed E-state index contributed by atoms with van der Waals surface area (Å²) in [5.41, 5.74) is -2.82. The summed E-state index contributed by atoms with van der Waals surface area (Å²) in [7, 11) is 0. The Morgan fingerprint density at radius 2 is 1.74 bits per heavy atom. The van der Waals surface area contributed by atoms with Crippen molar-refractivity contribution < 1.29 is 32.3 Å². The number of imide groups is 1. The summed E-state index contributed by atoms with van der Waals surface area (Å²) >= 11 is 0. The van der Waals surface area contributed by atoms with Crippen LogP contribution < -0.4 is 0 Å². The number of allylic oxidation sites excluding steroid dienone is 1. The van der Waals surface area contributed by atoms with Crippen LogP contribution in [-0.2, 0) is 15.7 Å². The molecule has 0 aliphatic carbocycles. The molecule has 1 aliphatic rings. The molecule has 0 unspecified atom stereocenters. The molecule has 9 heteroatoms. The highest BCUT2D eigenvalue weighted by atomic mass is 19.4. The Bertz CT molecular complexity index is 859. The molecular formula is C22H27F3N2O4. The summed E-state index contributed by atoms with van der Waals surface area (Å²) in [5.74, 6) is -1.25. The van der Waals surface area contributed by atoms with E-state index in [9.17, 15) is 27.6 Å². The third kappa shape index (κ3) is 5.86. The lowest BCUT2D eigenvalue weighted by molar-refractivity contribution is -0.138. The fraction of sp³-hybridized carbons (Fsp3) is 0.500. The van der Waals surface area contributed by atoms with Gasteiger partial charge in [-0.25, -0.2) is 4.79 Å². The van der Waals surface area contributed by atoms with Crippen molar-refractivity contribution >= 4 is 17.9 Å². The molecule has 3 amide bonds. The molecule has 0 aromatic heterocycles. The summed E-state index contributed by atoms with van der Waals surface area (Å²) in [6.07, 6.45) is -3.42. The average molecular weight is 440 g/mol. The first kappa shape index (κ1) is 24.4. The van der Waals surface area contributed by atoms with Gasteiger partial charge in [0.2, 0.25) is 5.91 Å². The quantitative estimate of drug-likeness (QED) is 0.513. The van der Waals surface area contributed by atoms with E-state index in [1.54, 1.807) is 27.7 Å². The number of carbonyl (C=O) groups is 3. The Morgan fingerprint density at radius 3 is 2.23 bits per heavy atom. The van der Waals surface area contributed by atoms with Gasteiger partial charge in [0.25, 0.3) is 5.91 Å². The van der Waals surface area contributed by atoms with Gasteiger partial charge in [-0.05, 0) is 58.4 Å². The number of ether oxygens (including phenoxy) is 1. The molecule has 1 heterocycles. The van der Waals surface area contributed by atoms with E-state index >= 15 is 0 Å². The summed E-state index contributed by atoms with van der Waals surface area (Å²) in [5, 5.41) is 0. The number of amides is 3. The Labute approximate surface area is 179 Å². The van der Waals surface area contributed by atoms with Crippen molar-refractivity contribution in [2.75, 3.05) is 19.6 Å². The van der Waals surface area contributed by atoms with Gasteiger partial charge in [0.1, 0.15) is 5.60 Å². The smallest absolute Gasteiger partial charge is 0.416 e. The first-order valence-corrected chi connectivity index (χ1v) is 9.80. The predicted molar refractivity (Wildman–Crippen MR) is 108 cm³/mol. The second kappa shape index (κ2) is 8.72. The lowest BCUT2D eigenvalue weighted by atomic mass is 9.84. The van der Waals surface area contributed by atoms with E-state index in [-0.39, 0.29) is 31.6 Å². The third-order valence-electron chi connectivity index (χ3n) is 4.85. The van der Waals surface area contributed by atoms with Gasteiger partial charge in [0.15, 0.2) is 0 Å². The maximum Gasteiger partial charge on any atom is 0.416 e. The van der Waals surface area contributed by atoms with E-state index in [0.29, 0.717) is 0 Å². The molecule has 1 atom stereocenters. The summed E-state index contributed by atoms with van der Waals surface area (Å²) in [4.78, 5) is 41.2. The molecule has 170 valence electrons. The lowest BCUT2D eigenvalue weighted by Gasteiger charge is -2.32. The maximum atomic E-state index is 13.3. The molecule has 0 radical (unpaired) electrons. The van der Waals surface area contributed by atoms with Gasteiger partial charge in [0.05, 0.1) is 11.0 Å². The van der Waals surface area contributed by atoms with Crippen LogP contribution in [0.25, 0.3) is 0 Å². The van der Waals surface area contributed by atoms with Crippen LogP contribution >= 0.6 is 0 Å². The van der Waals surface area contributed by atoms with Crippen LogP contribution in [0.5, 0.6) is 0 Å². The minimum absolute atomic E-state index is 0.0174. The molecule has 0 saturated carbocycles. The Morgan fingerprint density at radius 1 is 1.16 bits per heavy atom. The molecule has 1 fully saturated rings. The van der Waals surface area contributed by atoms with Gasteiger partial charge in [-0.3, -0.25) is 14.5 Å². The largest absolute Gasteiger partial charge is 0.444 e. The van der Waals surface area contributed by atoms with Crippen molar-refractivity contribution in [3.05, 3.63) is 48.0 Å². The molecule has 0 bridgehead atoms. The number of nitrogens with zero attached hydrogens (tertiary/aromatic N) is 2. The van der Waals surface area contributed by atoms with Crippen LogP contribution in [-0.4, -0.2) is 52.9 Å². The lowest BCUT2D eigenvalue weighted by Crippen LogP contribution is -2.47. The van der Waals surface area contributed by atoms with Crippen molar-refractivity contribution in [3.8, 4) is 0 Å². The zero-order chi connectivity index (χ0) is 23.6. The van der Waals surface area contributed by atoms with E-state index < -0.39 is 40.7 Å². The van der Waals surface area contributed by atoms with Crippen LogP contribution in [0.1, 0.15) is 50.0 Å². The molecular weight excluding hydrogens is 413 g/mol. The van der Waals surface area contributed by atoms with Crippen molar-refractivity contribution in [2.45, 2.75) is 45.9 Å². The SMILES string of the molecule is C=CC[C@]1(C)CN(C(=O)OC(C)(C)C)CCN(C(=O)c2ccc(C(F)(F)F)cc2)C1=O. The zero-order valence-electron chi connectivity index (χ0n) is 18.1. The number of benzene rings is 1. The van der Waals surface area contributed by atoms with Gasteiger partial charge in [-0.1, -0.05) is 6.08 Å². The van der Waals surface area contributed by atoms with Gasteiger partial charge in [-0.2, -0.15) is 13.2 Å². The fourth-order valence-electron chi connectivity index (χ4n) is 3.32. The van der Waals surface area contributed by atoms with Crippen LogP contribution in [0.3, 0.4) is 0 Å². The van der Waals surface area contributed by atoms with Crippen LogP contribution in [0, 0.1) is 5.41 Å². The molecule has 1 aliphatic heterocycles. The highest BCUT2D eigenvalue weighted by Crippen LogP contribution is 2.32. The van der Waals surface area contributed by atoms with E-state index in [1.807, 2.05) is 0 Å². The summed E-state index contributed by atoms with van der Waals surface area (Å²) in [6, 6.07) is 3.68. The Balaban J connectivity index is 2.33. The molecule has 0 spiro atoms. The Hall–Kier alpha value is -2.84. The summed E-state index contributed by atoms with van der Waals surface area (Å²) < 4.78 is 43.8. The minimum Gasteiger partial charge on any atom is -0.444 e. The van der Waals surface area contributed by atoms with E-state index in [0.717, 1.165) is 29.2 Å². The molecule has 1 saturated heterocycles. The number of carbonyl (C=O) groups excluding carboxylic acids is 3. The zero-order valence-corrected chi connectivity index (χ0v) is 18.1. The van der Waals surface area contributed by atoms with Gasteiger partial charge in [0, 0.05) is 25.2 Å². The summed E-state index contributed by atoms with van der Waals surface area (Å²) in [6.45, 7) is 10.4. The second-order valence-corrected chi connectivity index (χ2v) is 8.79. The van der Waals surface area contributed by atoms with Gasteiger partial charge in [-0.15, -0.1) is 6.58 Å². The van der Waals surface area contributed by atoms with Crippen LogP contribution in [0.4, 0.5) is 18.0 Å². The number of rotatable bonds is 3. The van der Waals surface area contributed by atoms with Gasteiger partial charge < -0.3 is 9.64 Å². The third-order valence-corrected chi connectivity index (χ3v) is 4.85. The van der Waals surface area contributed by atoms with E-state index in [1.165, 1.54) is 11.0 Å². The van der Waals surface area contributed by atoms with Crippen molar-refractivity contribution in [3.63, 3.8) is 0 Å². The second-order valence-electron chi connectivity index (χ2n) is 8.79. The number of hydrogen-bond donors (Lipinski definition) is 0. The fourth-order valence-corrected chi connectivity index (χ4v) is 3.32. The molecule has 2 rings (SSSR count).